The van der Waals surface area contributed by atoms with Gasteiger partial charge in [0.1, 0.15) is 5.56 Å². The highest BCUT2D eigenvalue weighted by Crippen LogP contribution is 2.35. The number of aromatic nitrogens is 2. The molecule has 7 nitrogen and oxygen atoms in total. The monoisotopic (exact) mass is 413 g/mol. The van der Waals surface area contributed by atoms with E-state index in [1.165, 1.54) is 12.1 Å². The van der Waals surface area contributed by atoms with Gasteiger partial charge < -0.3 is 4.74 Å². The van der Waals surface area contributed by atoms with Crippen LogP contribution in [0.1, 0.15) is 80.2 Å². The number of carbonyl (C=O) groups excluding carboxylic acids is 1. The summed E-state index contributed by atoms with van der Waals surface area (Å²) in [4.78, 5) is 24.8. The minimum atomic E-state index is -0.399. The van der Waals surface area contributed by atoms with Crippen LogP contribution >= 0.6 is 0 Å². The van der Waals surface area contributed by atoms with Gasteiger partial charge in [-0.1, -0.05) is 19.4 Å². The normalized spacial score (nSPS) is 10.8. The highest BCUT2D eigenvalue weighted by Gasteiger charge is 2.28. The van der Waals surface area contributed by atoms with Crippen molar-refractivity contribution in [3.05, 3.63) is 55.8 Å². The molecule has 0 fully saturated rings. The Labute approximate surface area is 177 Å². The van der Waals surface area contributed by atoms with Gasteiger partial charge in [-0.15, -0.1) is 0 Å². The molecule has 30 heavy (non-hydrogen) atoms. The largest absolute Gasteiger partial charge is 0.477 e. The van der Waals surface area contributed by atoms with Crippen molar-refractivity contribution in [3.63, 3.8) is 0 Å². The molecule has 1 aromatic heterocycles. The van der Waals surface area contributed by atoms with E-state index in [1.54, 1.807) is 18.5 Å². The lowest BCUT2D eigenvalue weighted by molar-refractivity contribution is -0.385. The fraction of sp³-hybridized carbons (Fsp3) is 0.478. The van der Waals surface area contributed by atoms with E-state index >= 15 is 0 Å². The number of nitro benzene ring substituents is 1. The first-order valence-electron chi connectivity index (χ1n) is 10.3. The topological polar surface area (TPSA) is 87.3 Å². The van der Waals surface area contributed by atoms with Gasteiger partial charge in [-0.3, -0.25) is 14.9 Å². The maximum Gasteiger partial charge on any atom is 0.277 e. The van der Waals surface area contributed by atoms with Gasteiger partial charge in [0, 0.05) is 18.2 Å². The van der Waals surface area contributed by atoms with Crippen molar-refractivity contribution >= 4 is 17.0 Å². The number of benzene rings is 1. The molecule has 1 aromatic carbocycles. The van der Waals surface area contributed by atoms with E-state index in [-0.39, 0.29) is 11.5 Å². The summed E-state index contributed by atoms with van der Waals surface area (Å²) in [5, 5.41) is 16.1. The minimum absolute atomic E-state index is 0.00334. The Morgan fingerprint density at radius 1 is 1.13 bits per heavy atom. The smallest absolute Gasteiger partial charge is 0.277 e. The van der Waals surface area contributed by atoms with E-state index in [2.05, 4.69) is 5.10 Å². The van der Waals surface area contributed by atoms with Crippen LogP contribution in [-0.2, 0) is 6.54 Å². The fourth-order valence-corrected chi connectivity index (χ4v) is 3.48. The maximum absolute atomic E-state index is 13.6. The predicted molar refractivity (Wildman–Crippen MR) is 118 cm³/mol. The van der Waals surface area contributed by atoms with Crippen LogP contribution < -0.4 is 4.74 Å². The number of hydrogen-bond donors (Lipinski definition) is 0. The third kappa shape index (κ3) is 4.45. The molecular weight excluding hydrogens is 382 g/mol. The Balaban J connectivity index is 2.72. The molecule has 0 atom stereocenters. The second-order valence-electron chi connectivity index (χ2n) is 7.68. The van der Waals surface area contributed by atoms with E-state index in [0.29, 0.717) is 47.0 Å². The number of ketones is 1. The van der Waals surface area contributed by atoms with Gasteiger partial charge in [0.25, 0.3) is 5.69 Å². The maximum atomic E-state index is 13.6. The summed E-state index contributed by atoms with van der Waals surface area (Å²) >= 11 is 0. The summed E-state index contributed by atoms with van der Waals surface area (Å²) in [6.45, 7) is 14.4. The molecule has 0 bridgehead atoms. The molecule has 0 aliphatic heterocycles. The van der Waals surface area contributed by atoms with Crippen LogP contribution in [0.3, 0.4) is 0 Å². The highest BCUT2D eigenvalue weighted by molar-refractivity contribution is 6.12. The molecule has 0 N–H and O–H groups in total. The zero-order valence-corrected chi connectivity index (χ0v) is 19.0. The first kappa shape index (κ1) is 23.3. The van der Waals surface area contributed by atoms with E-state index in [4.69, 9.17) is 4.74 Å². The van der Waals surface area contributed by atoms with Gasteiger partial charge in [-0.25, -0.2) is 4.68 Å². The molecule has 0 saturated heterocycles. The van der Waals surface area contributed by atoms with Crippen LogP contribution in [0.15, 0.2) is 17.7 Å². The summed E-state index contributed by atoms with van der Waals surface area (Å²) < 4.78 is 7.65. The number of hydrogen-bond acceptors (Lipinski definition) is 5. The summed E-state index contributed by atoms with van der Waals surface area (Å²) in [6.07, 6.45) is 1.67. The second-order valence-corrected chi connectivity index (χ2v) is 7.68. The van der Waals surface area contributed by atoms with Gasteiger partial charge in [0.15, 0.2) is 0 Å². The summed E-state index contributed by atoms with van der Waals surface area (Å²) in [7, 11) is 0. The first-order valence-corrected chi connectivity index (χ1v) is 10.3. The minimum Gasteiger partial charge on any atom is -0.477 e. The van der Waals surface area contributed by atoms with Gasteiger partial charge in [0.2, 0.25) is 11.7 Å². The van der Waals surface area contributed by atoms with Crippen molar-refractivity contribution in [3.8, 4) is 5.88 Å². The fourth-order valence-electron chi connectivity index (χ4n) is 3.48. The first-order chi connectivity index (χ1) is 14.1. The molecular formula is C23H31N3O4. The molecule has 0 aliphatic rings. The van der Waals surface area contributed by atoms with E-state index < -0.39 is 4.92 Å². The van der Waals surface area contributed by atoms with Crippen LogP contribution in [0.4, 0.5) is 5.69 Å². The molecule has 0 unspecified atom stereocenters. The van der Waals surface area contributed by atoms with Gasteiger partial charge in [-0.05, 0) is 64.7 Å². The van der Waals surface area contributed by atoms with E-state index in [0.717, 1.165) is 24.0 Å². The molecule has 162 valence electrons. The van der Waals surface area contributed by atoms with Crippen molar-refractivity contribution in [1.82, 2.24) is 9.78 Å². The molecule has 0 radical (unpaired) electrons. The van der Waals surface area contributed by atoms with Crippen molar-refractivity contribution in [2.45, 2.75) is 67.9 Å². The lowest BCUT2D eigenvalue weighted by Gasteiger charge is -2.14. The van der Waals surface area contributed by atoms with Gasteiger partial charge >= 0.3 is 0 Å². The number of ether oxygens (including phenoxy) is 1. The summed E-state index contributed by atoms with van der Waals surface area (Å²) in [6, 6.07) is 2.96. The average Bonchev–Trinajstić information content (AvgIpc) is 2.99. The average molecular weight is 414 g/mol. The zero-order valence-electron chi connectivity index (χ0n) is 19.0. The van der Waals surface area contributed by atoms with Gasteiger partial charge in [0.05, 0.1) is 22.8 Å². The van der Waals surface area contributed by atoms with Crippen molar-refractivity contribution < 1.29 is 14.5 Å². The quantitative estimate of drug-likeness (QED) is 0.301. The summed E-state index contributed by atoms with van der Waals surface area (Å²) in [5.74, 6) is 0.246. The molecule has 2 aromatic rings. The third-order valence-corrected chi connectivity index (χ3v) is 5.20. The Morgan fingerprint density at radius 2 is 1.80 bits per heavy atom. The molecule has 0 aliphatic carbocycles. The van der Waals surface area contributed by atoms with Crippen LogP contribution in [0.5, 0.6) is 5.88 Å². The van der Waals surface area contributed by atoms with Crippen molar-refractivity contribution in [2.75, 3.05) is 6.61 Å². The molecule has 1 heterocycles. The highest BCUT2D eigenvalue weighted by atomic mass is 16.6. The van der Waals surface area contributed by atoms with Gasteiger partial charge in [-0.2, -0.15) is 5.10 Å². The SMILES string of the molecule is CCCOc1c(C(=O)c2ccc([N+](=O)[O-])c(C(C)=C(C)C)c2C)c(C)nn1CCC. The Bertz CT molecular complexity index is 998. The van der Waals surface area contributed by atoms with Crippen molar-refractivity contribution in [1.29, 1.82) is 0 Å². The lowest BCUT2D eigenvalue weighted by Crippen LogP contribution is -2.11. The number of nitro groups is 1. The number of allylic oxidation sites excluding steroid dienone is 2. The standard InChI is InChI=1S/C23H31N3O4/c1-8-12-25-23(30-13-9-2)21(17(7)24-25)22(27)18-10-11-19(26(28)29)20(16(18)6)15(5)14(3)4/h10-11H,8-9,12-13H2,1-7H3. The van der Waals surface area contributed by atoms with Crippen LogP contribution in [0, 0.1) is 24.0 Å². The number of nitrogens with zero attached hydrogens (tertiary/aromatic N) is 3. The van der Waals surface area contributed by atoms with E-state index in [9.17, 15) is 14.9 Å². The summed E-state index contributed by atoms with van der Waals surface area (Å²) in [5.41, 5.74) is 4.31. The Morgan fingerprint density at radius 3 is 2.33 bits per heavy atom. The Kier molecular flexibility index (Phi) is 7.54. The third-order valence-electron chi connectivity index (χ3n) is 5.20. The van der Waals surface area contributed by atoms with Crippen LogP contribution in [0.25, 0.3) is 5.57 Å². The Hall–Kier alpha value is -2.96. The molecule has 0 spiro atoms. The number of aryl methyl sites for hydroxylation is 2. The zero-order chi connectivity index (χ0) is 22.6. The predicted octanol–water partition coefficient (Wildman–Crippen LogP) is 5.65. The number of rotatable bonds is 9. The molecule has 0 amide bonds. The molecule has 2 rings (SSSR count). The van der Waals surface area contributed by atoms with E-state index in [1.807, 2.05) is 34.6 Å². The molecule has 7 heteroatoms. The van der Waals surface area contributed by atoms with Crippen LogP contribution in [0.2, 0.25) is 0 Å². The second kappa shape index (κ2) is 9.69. The molecule has 0 saturated carbocycles. The number of carbonyl (C=O) groups is 1. The lowest BCUT2D eigenvalue weighted by atomic mass is 9.90. The van der Waals surface area contributed by atoms with Crippen LogP contribution in [-0.4, -0.2) is 27.1 Å². The van der Waals surface area contributed by atoms with Crippen molar-refractivity contribution in [2.24, 2.45) is 0 Å².